The third kappa shape index (κ3) is 5.19. The number of nitrogens with one attached hydrogen (secondary N) is 1. The van der Waals surface area contributed by atoms with Crippen LogP contribution in [0.1, 0.15) is 42.6 Å². The molecule has 0 spiro atoms. The molecule has 0 radical (unpaired) electrons. The van der Waals surface area contributed by atoms with E-state index in [9.17, 15) is 13.2 Å². The van der Waals surface area contributed by atoms with E-state index in [1.54, 1.807) is 13.8 Å². The largest absolute Gasteiger partial charge is 0.336 e. The first kappa shape index (κ1) is 24.4. The monoisotopic (exact) mass is 482 g/mol. The van der Waals surface area contributed by atoms with Crippen LogP contribution in [0.4, 0.5) is 0 Å². The van der Waals surface area contributed by atoms with Gasteiger partial charge in [0.2, 0.25) is 10.0 Å². The summed E-state index contributed by atoms with van der Waals surface area (Å²) in [4.78, 5) is 17.1. The van der Waals surface area contributed by atoms with Gasteiger partial charge in [-0.25, -0.2) is 13.1 Å². The van der Waals surface area contributed by atoms with E-state index < -0.39 is 15.3 Å². The highest BCUT2D eigenvalue weighted by molar-refractivity contribution is 7.90. The number of carbonyl (C=O) groups is 1. The molecular formula is C26H34N4O3S. The molecule has 1 saturated heterocycles. The second-order valence-electron chi connectivity index (χ2n) is 9.49. The van der Waals surface area contributed by atoms with E-state index in [4.69, 9.17) is 0 Å². The Morgan fingerprint density at radius 3 is 2.29 bits per heavy atom. The predicted molar refractivity (Wildman–Crippen MR) is 137 cm³/mol. The van der Waals surface area contributed by atoms with E-state index >= 15 is 0 Å². The van der Waals surface area contributed by atoms with Crippen molar-refractivity contribution < 1.29 is 13.2 Å². The highest BCUT2D eigenvalue weighted by Crippen LogP contribution is 2.24. The molecule has 1 aromatic heterocycles. The van der Waals surface area contributed by atoms with E-state index in [1.165, 1.54) is 0 Å². The van der Waals surface area contributed by atoms with Crippen molar-refractivity contribution in [3.8, 4) is 5.69 Å². The van der Waals surface area contributed by atoms with Gasteiger partial charge in [0.15, 0.2) is 0 Å². The summed E-state index contributed by atoms with van der Waals surface area (Å²) >= 11 is 0. The minimum absolute atomic E-state index is 0.0622. The van der Waals surface area contributed by atoms with Gasteiger partial charge in [0.1, 0.15) is 0 Å². The molecule has 0 aliphatic carbocycles. The lowest BCUT2D eigenvalue weighted by Crippen LogP contribution is -2.47. The van der Waals surface area contributed by atoms with E-state index in [2.05, 4.69) is 21.2 Å². The molecule has 1 atom stereocenters. The highest BCUT2D eigenvalue weighted by Gasteiger charge is 2.21. The molecule has 0 bridgehead atoms. The van der Waals surface area contributed by atoms with Gasteiger partial charge in [-0.2, -0.15) is 0 Å². The van der Waals surface area contributed by atoms with Crippen LogP contribution in [-0.4, -0.2) is 73.7 Å². The number of sulfonamides is 1. The second-order valence-corrected chi connectivity index (χ2v) is 11.8. The van der Waals surface area contributed by atoms with Gasteiger partial charge in [-0.15, -0.1) is 0 Å². The Morgan fingerprint density at radius 1 is 0.971 bits per heavy atom. The predicted octanol–water partition coefficient (Wildman–Crippen LogP) is 3.45. The number of benzene rings is 2. The van der Waals surface area contributed by atoms with Gasteiger partial charge in [-0.05, 0) is 68.8 Å². The summed E-state index contributed by atoms with van der Waals surface area (Å²) in [5.74, 6) is 0.154. The standard InChI is InChI=1S/C26H34N4O3S/c1-19(2)34(32,33)27-18-20(3)21-5-8-24(9-6-21)30-12-11-22-17-23(7-10-25(22)30)26(31)29-15-13-28(4)14-16-29/h5-12,17,19-20,27H,13-16,18H2,1-4H3/t20-/m0/s1. The third-order valence-electron chi connectivity index (χ3n) is 6.68. The van der Waals surface area contributed by atoms with Gasteiger partial charge in [0.05, 0.1) is 10.8 Å². The highest BCUT2D eigenvalue weighted by atomic mass is 32.2. The number of aromatic nitrogens is 1. The summed E-state index contributed by atoms with van der Waals surface area (Å²) in [6.45, 7) is 9.07. The number of hydrogen-bond acceptors (Lipinski definition) is 4. The van der Waals surface area contributed by atoms with E-state index in [1.807, 2.05) is 66.6 Å². The number of likely N-dealkylation sites (N-methyl/N-ethyl adjacent to an activating group) is 1. The molecular weight excluding hydrogens is 448 g/mol. The van der Waals surface area contributed by atoms with E-state index in [0.29, 0.717) is 6.54 Å². The Kier molecular flexibility index (Phi) is 7.12. The minimum atomic E-state index is -3.27. The summed E-state index contributed by atoms with van der Waals surface area (Å²) in [5, 5.41) is 0.585. The molecule has 1 aliphatic heterocycles. The van der Waals surface area contributed by atoms with Gasteiger partial charge in [0, 0.05) is 55.6 Å². The quantitative estimate of drug-likeness (QED) is 0.560. The maximum atomic E-state index is 12.9. The molecule has 1 fully saturated rings. The summed E-state index contributed by atoms with van der Waals surface area (Å²) in [6.07, 6.45) is 2.02. The fourth-order valence-electron chi connectivity index (χ4n) is 4.18. The third-order valence-corrected chi connectivity index (χ3v) is 8.49. The fraction of sp³-hybridized carbons (Fsp3) is 0.423. The number of piperazine rings is 1. The van der Waals surface area contributed by atoms with Crippen LogP contribution in [-0.2, 0) is 10.0 Å². The van der Waals surface area contributed by atoms with Crippen molar-refractivity contribution in [3.63, 3.8) is 0 Å². The van der Waals surface area contributed by atoms with Gasteiger partial charge < -0.3 is 14.4 Å². The first-order chi connectivity index (χ1) is 16.2. The Labute approximate surface area is 202 Å². The summed E-state index contributed by atoms with van der Waals surface area (Å²) in [6, 6.07) is 16.1. The summed E-state index contributed by atoms with van der Waals surface area (Å²) in [5.41, 5.74) is 3.86. The zero-order valence-corrected chi connectivity index (χ0v) is 21.2. The molecule has 2 heterocycles. The average molecular weight is 483 g/mol. The molecule has 182 valence electrons. The van der Waals surface area contributed by atoms with Crippen LogP contribution < -0.4 is 4.72 Å². The molecule has 1 aliphatic rings. The number of amides is 1. The molecule has 8 heteroatoms. The Bertz CT molecular complexity index is 1260. The molecule has 34 heavy (non-hydrogen) atoms. The van der Waals surface area contributed by atoms with Crippen molar-refractivity contribution in [3.05, 3.63) is 65.9 Å². The van der Waals surface area contributed by atoms with Crippen LogP contribution in [0.5, 0.6) is 0 Å². The first-order valence-electron chi connectivity index (χ1n) is 11.8. The molecule has 1 N–H and O–H groups in total. The summed E-state index contributed by atoms with van der Waals surface area (Å²) < 4.78 is 28.9. The Hall–Kier alpha value is -2.68. The fourth-order valence-corrected chi connectivity index (χ4v) is 5.00. The molecule has 3 aromatic rings. The van der Waals surface area contributed by atoms with Crippen LogP contribution in [0.3, 0.4) is 0 Å². The number of hydrogen-bond donors (Lipinski definition) is 1. The van der Waals surface area contributed by atoms with Gasteiger partial charge in [-0.1, -0.05) is 19.1 Å². The lowest BCUT2D eigenvalue weighted by molar-refractivity contribution is 0.0664. The van der Waals surface area contributed by atoms with Crippen molar-refractivity contribution in [2.45, 2.75) is 31.9 Å². The van der Waals surface area contributed by atoms with Crippen molar-refractivity contribution in [1.29, 1.82) is 0 Å². The normalized spacial score (nSPS) is 16.3. The number of rotatable bonds is 7. The minimum Gasteiger partial charge on any atom is -0.336 e. The Morgan fingerprint density at radius 2 is 1.65 bits per heavy atom. The molecule has 2 aromatic carbocycles. The van der Waals surface area contributed by atoms with Crippen molar-refractivity contribution in [2.75, 3.05) is 39.8 Å². The van der Waals surface area contributed by atoms with Crippen LogP contribution in [0, 0.1) is 0 Å². The van der Waals surface area contributed by atoms with E-state index in [-0.39, 0.29) is 11.8 Å². The van der Waals surface area contributed by atoms with Crippen LogP contribution in [0.2, 0.25) is 0 Å². The van der Waals surface area contributed by atoms with Crippen molar-refractivity contribution >= 4 is 26.8 Å². The van der Waals surface area contributed by atoms with Crippen molar-refractivity contribution in [2.24, 2.45) is 0 Å². The zero-order chi connectivity index (χ0) is 24.5. The zero-order valence-electron chi connectivity index (χ0n) is 20.4. The molecule has 1 amide bonds. The topological polar surface area (TPSA) is 74.6 Å². The summed E-state index contributed by atoms with van der Waals surface area (Å²) in [7, 11) is -1.19. The maximum Gasteiger partial charge on any atom is 0.253 e. The lowest BCUT2D eigenvalue weighted by Gasteiger charge is -2.32. The average Bonchev–Trinajstić information content (AvgIpc) is 3.26. The lowest BCUT2D eigenvalue weighted by atomic mass is 10.0. The van der Waals surface area contributed by atoms with Crippen LogP contribution in [0.15, 0.2) is 54.7 Å². The Balaban J connectivity index is 1.48. The smallest absolute Gasteiger partial charge is 0.253 e. The molecule has 0 unspecified atom stereocenters. The number of nitrogens with zero attached hydrogens (tertiary/aromatic N) is 3. The second kappa shape index (κ2) is 9.90. The SMILES string of the molecule is CC(C)S(=O)(=O)NC[C@H](C)c1ccc(-n2ccc3cc(C(=O)N4CCN(C)CC4)ccc32)cc1. The molecule has 4 rings (SSSR count). The van der Waals surface area contributed by atoms with E-state index in [0.717, 1.165) is 53.9 Å². The molecule has 7 nitrogen and oxygen atoms in total. The first-order valence-corrected chi connectivity index (χ1v) is 13.4. The van der Waals surface area contributed by atoms with Crippen molar-refractivity contribution in [1.82, 2.24) is 19.1 Å². The number of carbonyl (C=O) groups excluding carboxylic acids is 1. The van der Waals surface area contributed by atoms with Crippen LogP contribution in [0.25, 0.3) is 16.6 Å². The van der Waals surface area contributed by atoms with Crippen LogP contribution >= 0.6 is 0 Å². The maximum absolute atomic E-state index is 12.9. The molecule has 0 saturated carbocycles. The number of fused-ring (bicyclic) bond motifs is 1. The van der Waals surface area contributed by atoms with Gasteiger partial charge >= 0.3 is 0 Å². The van der Waals surface area contributed by atoms with Gasteiger partial charge in [-0.3, -0.25) is 4.79 Å². The van der Waals surface area contributed by atoms with Gasteiger partial charge in [0.25, 0.3) is 5.91 Å².